The molecule has 0 aliphatic carbocycles. The topological polar surface area (TPSA) is 100 Å². The van der Waals surface area contributed by atoms with E-state index >= 15 is 0 Å². The number of furan rings is 1. The average Bonchev–Trinajstić information content (AvgIpc) is 3.00. The molecule has 1 aromatic carbocycles. The molecular formula is C13H11BrN4O3. The Morgan fingerprint density at radius 1 is 1.48 bits per heavy atom. The number of rotatable bonds is 3. The van der Waals surface area contributed by atoms with Gasteiger partial charge in [-0.3, -0.25) is 10.1 Å². The number of benzene rings is 1. The zero-order valence-electron chi connectivity index (χ0n) is 11.0. The fourth-order valence-electron chi connectivity index (χ4n) is 2.17. The van der Waals surface area contributed by atoms with Gasteiger partial charge < -0.3 is 10.2 Å². The number of nitro groups is 1. The van der Waals surface area contributed by atoms with Crippen molar-refractivity contribution in [1.29, 1.82) is 0 Å². The predicted octanol–water partition coefficient (Wildman–Crippen LogP) is 3.49. The number of anilines is 1. The summed E-state index contributed by atoms with van der Waals surface area (Å²) in [4.78, 5) is 10.3. The van der Waals surface area contributed by atoms with Crippen LogP contribution >= 0.6 is 15.9 Å². The van der Waals surface area contributed by atoms with E-state index in [1.165, 1.54) is 4.68 Å². The molecule has 1 unspecified atom stereocenters. The molecule has 3 aromatic rings. The summed E-state index contributed by atoms with van der Waals surface area (Å²) in [6.07, 6.45) is 1.14. The van der Waals surface area contributed by atoms with Crippen LogP contribution in [0.2, 0.25) is 0 Å². The minimum Gasteiger partial charge on any atom is -0.459 e. The van der Waals surface area contributed by atoms with E-state index < -0.39 is 4.92 Å². The van der Waals surface area contributed by atoms with Gasteiger partial charge in [0.2, 0.25) is 5.82 Å². The van der Waals surface area contributed by atoms with Gasteiger partial charge in [-0.2, -0.15) is 5.10 Å². The predicted molar refractivity (Wildman–Crippen MR) is 81.0 cm³/mol. The molecule has 21 heavy (non-hydrogen) atoms. The molecule has 8 heteroatoms. The SMILES string of the molecule is CC(c1cc2cc(Br)ccc2o1)n1ncc([N+](=O)[O-])c1N. The third kappa shape index (κ3) is 2.27. The van der Waals surface area contributed by atoms with Gasteiger partial charge in [0.1, 0.15) is 23.6 Å². The molecule has 7 nitrogen and oxygen atoms in total. The minimum absolute atomic E-state index is 0.00846. The molecule has 2 N–H and O–H groups in total. The van der Waals surface area contributed by atoms with Crippen molar-refractivity contribution in [2.24, 2.45) is 0 Å². The number of nitrogens with two attached hydrogens (primary N) is 1. The number of fused-ring (bicyclic) bond motifs is 1. The molecule has 0 amide bonds. The molecule has 0 bridgehead atoms. The minimum atomic E-state index is -0.554. The van der Waals surface area contributed by atoms with Gasteiger partial charge in [0.05, 0.1) is 4.92 Å². The Hall–Kier alpha value is -2.35. The van der Waals surface area contributed by atoms with Gasteiger partial charge in [0, 0.05) is 9.86 Å². The van der Waals surface area contributed by atoms with Gasteiger partial charge in [0.15, 0.2) is 0 Å². The third-order valence-electron chi connectivity index (χ3n) is 3.29. The maximum absolute atomic E-state index is 10.8. The highest BCUT2D eigenvalue weighted by Crippen LogP contribution is 2.31. The fraction of sp³-hybridized carbons (Fsp3) is 0.154. The van der Waals surface area contributed by atoms with Crippen LogP contribution in [0, 0.1) is 10.1 Å². The maximum atomic E-state index is 10.8. The van der Waals surface area contributed by atoms with Crippen molar-refractivity contribution < 1.29 is 9.34 Å². The van der Waals surface area contributed by atoms with E-state index in [2.05, 4.69) is 21.0 Å². The Morgan fingerprint density at radius 3 is 2.90 bits per heavy atom. The monoisotopic (exact) mass is 350 g/mol. The smallest absolute Gasteiger partial charge is 0.330 e. The highest BCUT2D eigenvalue weighted by Gasteiger charge is 2.23. The lowest BCUT2D eigenvalue weighted by atomic mass is 10.2. The van der Waals surface area contributed by atoms with Crippen molar-refractivity contribution in [2.75, 3.05) is 5.73 Å². The summed E-state index contributed by atoms with van der Waals surface area (Å²) in [5, 5.41) is 15.7. The van der Waals surface area contributed by atoms with Crippen LogP contribution in [-0.2, 0) is 0 Å². The Labute approximate surface area is 127 Å². The molecular weight excluding hydrogens is 340 g/mol. The second kappa shape index (κ2) is 4.88. The first-order valence-electron chi connectivity index (χ1n) is 6.13. The van der Waals surface area contributed by atoms with Gasteiger partial charge in [-0.25, -0.2) is 4.68 Å². The Kier molecular flexibility index (Phi) is 3.17. The summed E-state index contributed by atoms with van der Waals surface area (Å²) in [6.45, 7) is 1.82. The van der Waals surface area contributed by atoms with E-state index in [1.54, 1.807) is 0 Å². The molecule has 0 saturated heterocycles. The number of hydrogen-bond acceptors (Lipinski definition) is 5. The normalized spacial score (nSPS) is 12.7. The number of nitrogens with zero attached hydrogens (tertiary/aromatic N) is 3. The lowest BCUT2D eigenvalue weighted by molar-refractivity contribution is -0.384. The van der Waals surface area contributed by atoms with Crippen molar-refractivity contribution in [2.45, 2.75) is 13.0 Å². The van der Waals surface area contributed by atoms with Gasteiger partial charge in [-0.05, 0) is 31.2 Å². The van der Waals surface area contributed by atoms with Crippen molar-refractivity contribution in [3.05, 3.63) is 50.8 Å². The largest absolute Gasteiger partial charge is 0.459 e. The molecule has 1 atom stereocenters. The lowest BCUT2D eigenvalue weighted by Gasteiger charge is -2.10. The molecule has 3 rings (SSSR count). The average molecular weight is 351 g/mol. The van der Waals surface area contributed by atoms with Crippen molar-refractivity contribution in [3.63, 3.8) is 0 Å². The Balaban J connectivity index is 2.03. The highest BCUT2D eigenvalue weighted by atomic mass is 79.9. The van der Waals surface area contributed by atoms with E-state index in [0.717, 1.165) is 21.6 Å². The first-order valence-corrected chi connectivity index (χ1v) is 6.93. The summed E-state index contributed by atoms with van der Waals surface area (Å²) in [6, 6.07) is 7.20. The molecule has 0 fully saturated rings. The van der Waals surface area contributed by atoms with Crippen LogP contribution in [0.5, 0.6) is 0 Å². The lowest BCUT2D eigenvalue weighted by Crippen LogP contribution is -2.11. The second-order valence-corrected chi connectivity index (χ2v) is 5.54. The molecule has 2 heterocycles. The molecule has 2 aromatic heterocycles. The summed E-state index contributed by atoms with van der Waals surface area (Å²) in [5.41, 5.74) is 6.30. The molecule has 0 saturated carbocycles. The molecule has 0 radical (unpaired) electrons. The van der Waals surface area contributed by atoms with E-state index in [0.29, 0.717) is 5.76 Å². The zero-order valence-corrected chi connectivity index (χ0v) is 12.6. The van der Waals surface area contributed by atoms with Crippen LogP contribution in [0.4, 0.5) is 11.5 Å². The number of aromatic nitrogens is 2. The maximum Gasteiger partial charge on any atom is 0.330 e. The molecule has 0 aliphatic heterocycles. The quantitative estimate of drug-likeness (QED) is 0.575. The summed E-state index contributed by atoms with van der Waals surface area (Å²) < 4.78 is 8.09. The van der Waals surface area contributed by atoms with Crippen LogP contribution in [0.1, 0.15) is 18.7 Å². The van der Waals surface area contributed by atoms with Gasteiger partial charge in [0.25, 0.3) is 0 Å². The molecule has 108 valence electrons. The Morgan fingerprint density at radius 2 is 2.24 bits per heavy atom. The van der Waals surface area contributed by atoms with E-state index in [-0.39, 0.29) is 17.5 Å². The zero-order chi connectivity index (χ0) is 15.1. The number of nitrogen functional groups attached to an aromatic ring is 1. The van der Waals surface area contributed by atoms with Crippen molar-refractivity contribution in [3.8, 4) is 0 Å². The van der Waals surface area contributed by atoms with Crippen LogP contribution in [0.15, 0.2) is 39.4 Å². The Bertz CT molecular complexity index is 839. The van der Waals surface area contributed by atoms with Gasteiger partial charge in [-0.1, -0.05) is 15.9 Å². The van der Waals surface area contributed by atoms with Crippen molar-refractivity contribution >= 4 is 38.4 Å². The van der Waals surface area contributed by atoms with Crippen LogP contribution in [-0.4, -0.2) is 14.7 Å². The number of hydrogen-bond donors (Lipinski definition) is 1. The second-order valence-electron chi connectivity index (χ2n) is 4.62. The van der Waals surface area contributed by atoms with Crippen LogP contribution in [0.25, 0.3) is 11.0 Å². The summed E-state index contributed by atoms with van der Waals surface area (Å²) in [5.74, 6) is 0.641. The molecule has 0 spiro atoms. The van der Waals surface area contributed by atoms with Crippen molar-refractivity contribution in [1.82, 2.24) is 9.78 Å². The van der Waals surface area contributed by atoms with Crippen LogP contribution < -0.4 is 5.73 Å². The summed E-state index contributed by atoms with van der Waals surface area (Å²) in [7, 11) is 0. The van der Waals surface area contributed by atoms with Gasteiger partial charge >= 0.3 is 5.69 Å². The van der Waals surface area contributed by atoms with Crippen LogP contribution in [0.3, 0.4) is 0 Å². The van der Waals surface area contributed by atoms with E-state index in [4.69, 9.17) is 10.2 Å². The van der Waals surface area contributed by atoms with Gasteiger partial charge in [-0.15, -0.1) is 0 Å². The molecule has 0 aliphatic rings. The van der Waals surface area contributed by atoms with E-state index in [1.807, 2.05) is 31.2 Å². The third-order valence-corrected chi connectivity index (χ3v) is 3.78. The number of halogens is 1. The first kappa shape index (κ1) is 13.6. The highest BCUT2D eigenvalue weighted by molar-refractivity contribution is 9.10. The first-order chi connectivity index (χ1) is 9.97. The standard InChI is InChI=1S/C13H11BrN4O3/c1-7(17-13(15)10(6-16-17)18(19)20)12-5-8-4-9(14)2-3-11(8)21-12/h2-7H,15H2,1H3. The van der Waals surface area contributed by atoms with E-state index in [9.17, 15) is 10.1 Å². The fourth-order valence-corrected chi connectivity index (χ4v) is 2.55. The summed E-state index contributed by atoms with van der Waals surface area (Å²) >= 11 is 3.40.